The van der Waals surface area contributed by atoms with Gasteiger partial charge in [0.1, 0.15) is 0 Å². The number of hydrogen-bond donors (Lipinski definition) is 2. The predicted octanol–water partition coefficient (Wildman–Crippen LogP) is 1.81. The monoisotopic (exact) mass is 245 g/mol. The average molecular weight is 246 g/mol. The Morgan fingerprint density at radius 1 is 1.56 bits per heavy atom. The van der Waals surface area contributed by atoms with Crippen molar-refractivity contribution in [2.45, 2.75) is 45.8 Å². The first-order chi connectivity index (χ1) is 7.28. The number of nitrogens with zero attached hydrogens (tertiary/aromatic N) is 2. The zero-order valence-electron chi connectivity index (χ0n) is 10.3. The molecule has 5 heteroatoms. The van der Waals surface area contributed by atoms with Gasteiger partial charge in [-0.3, -0.25) is 4.68 Å². The van der Waals surface area contributed by atoms with Gasteiger partial charge in [0, 0.05) is 6.54 Å². The molecule has 0 amide bonds. The van der Waals surface area contributed by atoms with E-state index < -0.39 is 5.60 Å². The fraction of sp³-hybridized carbons (Fsp3) is 0.727. The number of halogens is 1. The molecule has 0 bridgehead atoms. The van der Waals surface area contributed by atoms with Crippen molar-refractivity contribution in [1.82, 2.24) is 9.78 Å². The maximum Gasteiger partial charge on any atom is 0.0844 e. The largest absolute Gasteiger partial charge is 0.389 e. The first kappa shape index (κ1) is 13.5. The summed E-state index contributed by atoms with van der Waals surface area (Å²) in [6.45, 7) is 7.77. The van der Waals surface area contributed by atoms with E-state index in [1.807, 2.05) is 25.5 Å². The molecule has 0 saturated heterocycles. The van der Waals surface area contributed by atoms with Crippen molar-refractivity contribution in [2.24, 2.45) is 5.73 Å². The third-order valence-electron chi connectivity index (χ3n) is 2.83. The van der Waals surface area contributed by atoms with Crippen molar-refractivity contribution in [3.8, 4) is 0 Å². The molecular formula is C11H20ClN3O. The van der Waals surface area contributed by atoms with Gasteiger partial charge in [-0.15, -0.1) is 0 Å². The Hall–Kier alpha value is -0.580. The number of aliphatic hydroxyl groups is 1. The van der Waals surface area contributed by atoms with Crippen molar-refractivity contribution < 1.29 is 5.11 Å². The van der Waals surface area contributed by atoms with Crippen LogP contribution in [-0.4, -0.2) is 27.0 Å². The van der Waals surface area contributed by atoms with Crippen LogP contribution in [0.5, 0.6) is 0 Å². The van der Waals surface area contributed by atoms with Crippen LogP contribution in [0.25, 0.3) is 0 Å². The lowest BCUT2D eigenvalue weighted by molar-refractivity contribution is 0.0446. The van der Waals surface area contributed by atoms with Crippen molar-refractivity contribution in [3.63, 3.8) is 0 Å². The van der Waals surface area contributed by atoms with E-state index in [0.29, 0.717) is 11.4 Å². The summed E-state index contributed by atoms with van der Waals surface area (Å²) in [5.41, 5.74) is 6.39. The lowest BCUT2D eigenvalue weighted by Crippen LogP contribution is -2.36. The molecule has 2 atom stereocenters. The van der Waals surface area contributed by atoms with Gasteiger partial charge < -0.3 is 10.8 Å². The molecule has 3 N–H and O–H groups in total. The number of rotatable bonds is 4. The Kier molecular flexibility index (Phi) is 3.99. The van der Waals surface area contributed by atoms with Crippen molar-refractivity contribution in [3.05, 3.63) is 16.4 Å². The number of hydrogen-bond acceptors (Lipinski definition) is 3. The highest BCUT2D eigenvalue weighted by Crippen LogP contribution is 2.26. The molecule has 0 radical (unpaired) electrons. The summed E-state index contributed by atoms with van der Waals surface area (Å²) in [6.07, 6.45) is 0.557. The molecule has 0 aliphatic heterocycles. The summed E-state index contributed by atoms with van der Waals surface area (Å²) in [7, 11) is 0. The molecule has 4 nitrogen and oxygen atoms in total. The summed E-state index contributed by atoms with van der Waals surface area (Å²) >= 11 is 6.08. The fourth-order valence-corrected chi connectivity index (χ4v) is 2.00. The first-order valence-electron chi connectivity index (χ1n) is 5.42. The fourth-order valence-electron chi connectivity index (χ4n) is 1.88. The van der Waals surface area contributed by atoms with Crippen LogP contribution < -0.4 is 5.73 Å². The molecule has 0 aliphatic rings. The summed E-state index contributed by atoms with van der Waals surface area (Å²) in [5, 5.41) is 15.0. The highest BCUT2D eigenvalue weighted by molar-refractivity contribution is 6.31. The molecule has 0 aliphatic carbocycles. The molecule has 0 spiro atoms. The molecule has 1 aromatic rings. The predicted molar refractivity (Wildman–Crippen MR) is 65.7 cm³/mol. The third kappa shape index (κ3) is 2.75. The van der Waals surface area contributed by atoms with Crippen molar-refractivity contribution >= 4 is 11.6 Å². The maximum atomic E-state index is 9.92. The second-order valence-electron chi connectivity index (χ2n) is 4.68. The molecule has 1 rings (SSSR count). The highest BCUT2D eigenvalue weighted by atomic mass is 35.5. The van der Waals surface area contributed by atoms with E-state index in [4.69, 9.17) is 17.3 Å². The van der Waals surface area contributed by atoms with E-state index >= 15 is 0 Å². The number of aromatic nitrogens is 2. The normalized spacial score (nSPS) is 17.2. The summed E-state index contributed by atoms with van der Waals surface area (Å²) in [5.74, 6) is 0. The quantitative estimate of drug-likeness (QED) is 0.851. The second-order valence-corrected chi connectivity index (χ2v) is 5.06. The third-order valence-corrected chi connectivity index (χ3v) is 3.38. The minimum atomic E-state index is -0.863. The summed E-state index contributed by atoms with van der Waals surface area (Å²) in [6, 6.07) is 0.0738. The molecule has 1 heterocycles. The Balaban J connectivity index is 2.89. The van der Waals surface area contributed by atoms with Gasteiger partial charge in [-0.1, -0.05) is 11.6 Å². The van der Waals surface area contributed by atoms with Gasteiger partial charge in [0.25, 0.3) is 0 Å². The van der Waals surface area contributed by atoms with Gasteiger partial charge in [-0.2, -0.15) is 5.10 Å². The minimum Gasteiger partial charge on any atom is -0.389 e. The van der Waals surface area contributed by atoms with Gasteiger partial charge in [0.2, 0.25) is 0 Å². The van der Waals surface area contributed by atoms with E-state index in [2.05, 4.69) is 5.10 Å². The van der Waals surface area contributed by atoms with Gasteiger partial charge in [-0.25, -0.2) is 0 Å². The number of nitrogens with two attached hydrogens (primary N) is 1. The average Bonchev–Trinajstić information content (AvgIpc) is 2.45. The molecule has 92 valence electrons. The van der Waals surface area contributed by atoms with Crippen LogP contribution in [0.4, 0.5) is 0 Å². The van der Waals surface area contributed by atoms with Crippen LogP contribution in [-0.2, 0) is 0 Å². The van der Waals surface area contributed by atoms with E-state index in [1.54, 1.807) is 6.92 Å². The van der Waals surface area contributed by atoms with Gasteiger partial charge in [0.15, 0.2) is 0 Å². The molecule has 2 unspecified atom stereocenters. The van der Waals surface area contributed by atoms with Crippen molar-refractivity contribution in [1.29, 1.82) is 0 Å². The maximum absolute atomic E-state index is 9.92. The summed E-state index contributed by atoms with van der Waals surface area (Å²) in [4.78, 5) is 0. The van der Waals surface area contributed by atoms with Gasteiger partial charge in [0.05, 0.1) is 28.1 Å². The lowest BCUT2D eigenvalue weighted by atomic mass is 9.98. The Morgan fingerprint density at radius 2 is 2.12 bits per heavy atom. The van der Waals surface area contributed by atoms with Crippen LogP contribution in [0.2, 0.25) is 5.02 Å². The number of aryl methyl sites for hydroxylation is 1. The van der Waals surface area contributed by atoms with E-state index in [1.165, 1.54) is 0 Å². The molecule has 0 fully saturated rings. The van der Waals surface area contributed by atoms with Gasteiger partial charge in [-0.05, 0) is 34.1 Å². The zero-order valence-corrected chi connectivity index (χ0v) is 11.0. The van der Waals surface area contributed by atoms with E-state index in [9.17, 15) is 5.11 Å². The van der Waals surface area contributed by atoms with E-state index in [-0.39, 0.29) is 12.6 Å². The van der Waals surface area contributed by atoms with Crippen LogP contribution in [0, 0.1) is 13.8 Å². The smallest absolute Gasteiger partial charge is 0.0844 e. The highest BCUT2D eigenvalue weighted by Gasteiger charge is 2.24. The standard InChI is InChI=1S/C11H20ClN3O/c1-7(5-11(4,16)6-13)15-9(3)10(12)8(2)14-15/h7,16H,5-6,13H2,1-4H3. The van der Waals surface area contributed by atoms with Crippen LogP contribution in [0.3, 0.4) is 0 Å². The Labute approximate surface area is 101 Å². The van der Waals surface area contributed by atoms with Crippen molar-refractivity contribution in [2.75, 3.05) is 6.54 Å². The lowest BCUT2D eigenvalue weighted by Gasteiger charge is -2.25. The molecular weight excluding hydrogens is 226 g/mol. The molecule has 0 saturated carbocycles. The Morgan fingerprint density at radius 3 is 2.50 bits per heavy atom. The zero-order chi connectivity index (χ0) is 12.5. The second kappa shape index (κ2) is 4.73. The SMILES string of the molecule is Cc1nn(C(C)CC(C)(O)CN)c(C)c1Cl. The first-order valence-corrected chi connectivity index (χ1v) is 5.80. The van der Waals surface area contributed by atoms with Crippen LogP contribution in [0.15, 0.2) is 0 Å². The minimum absolute atomic E-state index is 0.0738. The Bertz CT molecular complexity index is 374. The van der Waals surface area contributed by atoms with Crippen LogP contribution in [0.1, 0.15) is 37.7 Å². The van der Waals surface area contributed by atoms with Gasteiger partial charge >= 0.3 is 0 Å². The molecule has 0 aromatic carbocycles. The molecule has 1 aromatic heterocycles. The van der Waals surface area contributed by atoms with Crippen LogP contribution >= 0.6 is 11.6 Å². The molecule has 16 heavy (non-hydrogen) atoms. The van der Waals surface area contributed by atoms with E-state index in [0.717, 1.165) is 11.4 Å². The topological polar surface area (TPSA) is 64.1 Å². The summed E-state index contributed by atoms with van der Waals surface area (Å²) < 4.78 is 1.85.